The maximum absolute atomic E-state index is 12.9. The van der Waals surface area contributed by atoms with E-state index in [1.807, 2.05) is 60.7 Å². The van der Waals surface area contributed by atoms with Gasteiger partial charge >= 0.3 is 0 Å². The van der Waals surface area contributed by atoms with Crippen molar-refractivity contribution in [2.45, 2.75) is 13.0 Å². The molecule has 2 N–H and O–H groups in total. The van der Waals surface area contributed by atoms with Crippen LogP contribution in [0.2, 0.25) is 0 Å². The van der Waals surface area contributed by atoms with Crippen LogP contribution in [-0.4, -0.2) is 21.8 Å². The summed E-state index contributed by atoms with van der Waals surface area (Å²) in [6.07, 6.45) is 1.75. The van der Waals surface area contributed by atoms with Gasteiger partial charge < -0.3 is 9.67 Å². The van der Waals surface area contributed by atoms with Crippen molar-refractivity contribution in [2.75, 3.05) is 0 Å². The molecule has 1 amide bonds. The third-order valence-electron chi connectivity index (χ3n) is 6.97. The number of aromatic nitrogens is 1. The molecule has 0 saturated carbocycles. The first-order chi connectivity index (χ1) is 19.2. The molecule has 0 saturated heterocycles. The maximum Gasteiger partial charge on any atom is 0.241 e. The first kappa shape index (κ1) is 24.2. The second-order valence-electron chi connectivity index (χ2n) is 9.39. The fraction of sp³-hybridized carbons (Fsp3) is 0.0588. The molecule has 5 nitrogen and oxygen atoms in total. The molecule has 0 aliphatic rings. The molecule has 0 atom stereocenters. The quantitative estimate of drug-likeness (QED) is 0.174. The Kier molecular flexibility index (Phi) is 6.62. The average Bonchev–Trinajstić information content (AvgIpc) is 3.32. The van der Waals surface area contributed by atoms with Gasteiger partial charge in [0.1, 0.15) is 5.75 Å². The molecular formula is C34H27N3O2. The van der Waals surface area contributed by atoms with Crippen LogP contribution in [-0.2, 0) is 11.3 Å². The smallest absolute Gasteiger partial charge is 0.241 e. The Balaban J connectivity index is 1.31. The van der Waals surface area contributed by atoms with Gasteiger partial charge in [-0.05, 0) is 34.0 Å². The SMILES string of the molecule is O=C(CCn1c(-c2ccccc2)c(-c2ccccc2)c2ccccc21)N/N=C/c1c(O)ccc2ccccc12. The van der Waals surface area contributed by atoms with Gasteiger partial charge in [0, 0.05) is 35.0 Å². The number of hydrogen-bond donors (Lipinski definition) is 2. The topological polar surface area (TPSA) is 66.6 Å². The zero-order chi connectivity index (χ0) is 26.6. The van der Waals surface area contributed by atoms with Gasteiger partial charge in [0.25, 0.3) is 0 Å². The number of rotatable bonds is 7. The molecule has 0 unspecified atom stereocenters. The Morgan fingerprint density at radius 1 is 0.744 bits per heavy atom. The lowest BCUT2D eigenvalue weighted by molar-refractivity contribution is -0.121. The van der Waals surface area contributed by atoms with Crippen molar-refractivity contribution in [3.8, 4) is 28.1 Å². The number of aryl methyl sites for hydroxylation is 1. The highest BCUT2D eigenvalue weighted by molar-refractivity contribution is 6.05. The molecule has 0 bridgehead atoms. The van der Waals surface area contributed by atoms with Crippen LogP contribution >= 0.6 is 0 Å². The molecule has 5 aromatic carbocycles. The molecule has 0 aliphatic carbocycles. The Morgan fingerprint density at radius 3 is 2.15 bits per heavy atom. The lowest BCUT2D eigenvalue weighted by atomic mass is 9.98. The Bertz CT molecular complexity index is 1810. The van der Waals surface area contributed by atoms with Crippen molar-refractivity contribution in [3.05, 3.63) is 127 Å². The molecular weight excluding hydrogens is 482 g/mol. The lowest BCUT2D eigenvalue weighted by Crippen LogP contribution is -2.19. The summed E-state index contributed by atoms with van der Waals surface area (Å²) in [6.45, 7) is 0.485. The van der Waals surface area contributed by atoms with Gasteiger partial charge in [-0.15, -0.1) is 0 Å². The number of aromatic hydroxyl groups is 1. The van der Waals surface area contributed by atoms with Crippen molar-refractivity contribution in [2.24, 2.45) is 5.10 Å². The second kappa shape index (κ2) is 10.7. The number of fused-ring (bicyclic) bond motifs is 2. The van der Waals surface area contributed by atoms with Crippen molar-refractivity contribution >= 4 is 33.8 Å². The first-order valence-electron chi connectivity index (χ1n) is 13.0. The zero-order valence-corrected chi connectivity index (χ0v) is 21.3. The largest absolute Gasteiger partial charge is 0.507 e. The fourth-order valence-corrected chi connectivity index (χ4v) is 5.19. The summed E-state index contributed by atoms with van der Waals surface area (Å²) >= 11 is 0. The van der Waals surface area contributed by atoms with Gasteiger partial charge in [0.05, 0.1) is 11.9 Å². The molecule has 5 heteroatoms. The van der Waals surface area contributed by atoms with Gasteiger partial charge in [0.2, 0.25) is 5.91 Å². The van der Waals surface area contributed by atoms with Crippen LogP contribution in [0.1, 0.15) is 12.0 Å². The van der Waals surface area contributed by atoms with E-state index in [1.54, 1.807) is 6.07 Å². The standard InChI is InChI=1S/C34H27N3O2/c38-31-20-19-24-11-7-8-16-27(24)29(31)23-35-36-32(39)21-22-37-30-18-10-9-17-28(30)33(25-12-3-1-4-13-25)34(37)26-14-5-2-6-15-26/h1-20,23,38H,21-22H2,(H,36,39)/b35-23+. The second-order valence-corrected chi connectivity index (χ2v) is 9.39. The third kappa shape index (κ3) is 4.78. The van der Waals surface area contributed by atoms with Gasteiger partial charge in [-0.1, -0.05) is 109 Å². The summed E-state index contributed by atoms with van der Waals surface area (Å²) in [6, 6.07) is 40.3. The number of para-hydroxylation sites is 1. The minimum absolute atomic E-state index is 0.117. The van der Waals surface area contributed by atoms with Crippen LogP contribution in [0.25, 0.3) is 44.1 Å². The Hall–Kier alpha value is -5.16. The molecule has 6 rings (SSSR count). The molecule has 39 heavy (non-hydrogen) atoms. The summed E-state index contributed by atoms with van der Waals surface area (Å²) in [5, 5.41) is 17.5. The Labute approximate surface area is 226 Å². The molecule has 6 aromatic rings. The van der Waals surface area contributed by atoms with Crippen LogP contribution in [0.15, 0.2) is 126 Å². The number of carbonyl (C=O) groups excluding carboxylic acids is 1. The van der Waals surface area contributed by atoms with Crippen LogP contribution in [0, 0.1) is 0 Å². The van der Waals surface area contributed by atoms with Crippen molar-refractivity contribution in [3.63, 3.8) is 0 Å². The Morgan fingerprint density at radius 2 is 1.38 bits per heavy atom. The number of nitrogens with zero attached hydrogens (tertiary/aromatic N) is 2. The van der Waals surface area contributed by atoms with E-state index in [9.17, 15) is 9.90 Å². The van der Waals surface area contributed by atoms with Gasteiger partial charge in [-0.3, -0.25) is 4.79 Å². The number of amides is 1. The number of hydrogen-bond acceptors (Lipinski definition) is 3. The van der Waals surface area contributed by atoms with Crippen LogP contribution in [0.3, 0.4) is 0 Å². The van der Waals surface area contributed by atoms with E-state index < -0.39 is 0 Å². The van der Waals surface area contributed by atoms with E-state index in [2.05, 4.69) is 69.7 Å². The number of phenols is 1. The molecule has 1 aromatic heterocycles. The monoisotopic (exact) mass is 509 g/mol. The molecule has 190 valence electrons. The van der Waals surface area contributed by atoms with E-state index >= 15 is 0 Å². The predicted molar refractivity (Wildman–Crippen MR) is 159 cm³/mol. The van der Waals surface area contributed by atoms with E-state index in [1.165, 1.54) is 6.21 Å². The molecule has 0 aliphatic heterocycles. The molecule has 0 spiro atoms. The summed E-state index contributed by atoms with van der Waals surface area (Å²) in [7, 11) is 0. The zero-order valence-electron chi connectivity index (χ0n) is 21.3. The van der Waals surface area contributed by atoms with E-state index in [-0.39, 0.29) is 18.1 Å². The van der Waals surface area contributed by atoms with Crippen LogP contribution in [0.5, 0.6) is 5.75 Å². The third-order valence-corrected chi connectivity index (χ3v) is 6.97. The fourth-order valence-electron chi connectivity index (χ4n) is 5.19. The summed E-state index contributed by atoms with van der Waals surface area (Å²) in [5.74, 6) is -0.0875. The summed E-state index contributed by atoms with van der Waals surface area (Å²) < 4.78 is 2.23. The number of hydrazone groups is 1. The van der Waals surface area contributed by atoms with Crippen LogP contribution < -0.4 is 5.43 Å². The van der Waals surface area contributed by atoms with Gasteiger partial charge in [0.15, 0.2) is 0 Å². The van der Waals surface area contributed by atoms with E-state index in [4.69, 9.17) is 0 Å². The van der Waals surface area contributed by atoms with E-state index in [0.29, 0.717) is 12.1 Å². The van der Waals surface area contributed by atoms with Crippen LogP contribution in [0.4, 0.5) is 0 Å². The number of carbonyl (C=O) groups is 1. The molecule has 0 fully saturated rings. The van der Waals surface area contributed by atoms with Crippen molar-refractivity contribution < 1.29 is 9.90 Å². The first-order valence-corrected chi connectivity index (χ1v) is 13.0. The number of phenolic OH excluding ortho intramolecular Hbond substituents is 1. The highest BCUT2D eigenvalue weighted by Gasteiger charge is 2.20. The van der Waals surface area contributed by atoms with Crippen molar-refractivity contribution in [1.82, 2.24) is 9.99 Å². The molecule has 1 heterocycles. The maximum atomic E-state index is 12.9. The number of benzene rings is 5. The highest BCUT2D eigenvalue weighted by atomic mass is 16.3. The molecule has 0 radical (unpaired) electrons. The minimum Gasteiger partial charge on any atom is -0.507 e. The van der Waals surface area contributed by atoms with Gasteiger partial charge in [-0.2, -0.15) is 5.10 Å². The lowest BCUT2D eigenvalue weighted by Gasteiger charge is -2.13. The summed E-state index contributed by atoms with van der Waals surface area (Å²) in [4.78, 5) is 12.9. The number of nitrogens with one attached hydrogen (secondary N) is 1. The summed E-state index contributed by atoms with van der Waals surface area (Å²) in [5.41, 5.74) is 8.76. The minimum atomic E-state index is -0.205. The van der Waals surface area contributed by atoms with Crippen molar-refractivity contribution in [1.29, 1.82) is 0 Å². The average molecular weight is 510 g/mol. The van der Waals surface area contributed by atoms with Gasteiger partial charge in [-0.25, -0.2) is 5.43 Å². The van der Waals surface area contributed by atoms with E-state index in [0.717, 1.165) is 44.1 Å². The predicted octanol–water partition coefficient (Wildman–Crippen LogP) is 7.37. The normalized spacial score (nSPS) is 11.4. The highest BCUT2D eigenvalue weighted by Crippen LogP contribution is 2.41.